The van der Waals surface area contributed by atoms with Crippen LogP contribution >= 0.6 is 0 Å². The van der Waals surface area contributed by atoms with E-state index in [9.17, 15) is 5.11 Å². The van der Waals surface area contributed by atoms with Gasteiger partial charge in [-0.25, -0.2) is 0 Å². The highest BCUT2D eigenvalue weighted by molar-refractivity contribution is 5.01. The van der Waals surface area contributed by atoms with Crippen molar-refractivity contribution in [3.8, 4) is 0 Å². The van der Waals surface area contributed by atoms with Crippen LogP contribution in [0.3, 0.4) is 0 Å². The number of aliphatic hydroxyl groups is 1. The topological polar surface area (TPSA) is 60.2 Å². The van der Waals surface area contributed by atoms with Gasteiger partial charge in [0.2, 0.25) is 0 Å². The summed E-state index contributed by atoms with van der Waals surface area (Å²) in [6.45, 7) is 1.71. The van der Waals surface area contributed by atoms with E-state index in [1.165, 1.54) is 0 Å². The van der Waals surface area contributed by atoms with Crippen LogP contribution in [0.4, 0.5) is 0 Å². The molecule has 1 saturated heterocycles. The molecule has 2 aliphatic heterocycles. The molecule has 0 saturated carbocycles. The molecule has 1 N–H and O–H groups in total. The Bertz CT molecular complexity index is 385. The molecule has 1 fully saturated rings. The Hall–Kier alpha value is -0.940. The van der Waals surface area contributed by atoms with Gasteiger partial charge in [-0.15, -0.1) is 10.2 Å². The standard InChI is InChI=1S/C12H19N3O2/c16-12-3-1-2-10-13-14-11(15(10)12)8-9-4-6-17-7-5-9/h9,12,16H,1-8H2. The molecule has 0 spiro atoms. The van der Waals surface area contributed by atoms with E-state index in [1.54, 1.807) is 0 Å². The molecule has 0 radical (unpaired) electrons. The van der Waals surface area contributed by atoms with Crippen molar-refractivity contribution in [2.75, 3.05) is 13.2 Å². The molecule has 2 aliphatic rings. The van der Waals surface area contributed by atoms with Gasteiger partial charge < -0.3 is 9.84 Å². The minimum Gasteiger partial charge on any atom is -0.381 e. The molecular formula is C12H19N3O2. The molecule has 17 heavy (non-hydrogen) atoms. The zero-order valence-corrected chi connectivity index (χ0v) is 10.0. The second kappa shape index (κ2) is 4.74. The Morgan fingerprint density at radius 1 is 1.24 bits per heavy atom. The van der Waals surface area contributed by atoms with Crippen LogP contribution in [0.15, 0.2) is 0 Å². The highest BCUT2D eigenvalue weighted by Gasteiger charge is 2.25. The number of rotatable bonds is 2. The average molecular weight is 237 g/mol. The summed E-state index contributed by atoms with van der Waals surface area (Å²) in [5, 5.41) is 18.5. The van der Waals surface area contributed by atoms with Gasteiger partial charge in [0.25, 0.3) is 0 Å². The number of ether oxygens (including phenoxy) is 1. The maximum Gasteiger partial charge on any atom is 0.135 e. The molecule has 1 aromatic heterocycles. The SMILES string of the molecule is OC1CCCc2nnc(CC3CCOCC3)n21. The van der Waals surface area contributed by atoms with E-state index in [0.29, 0.717) is 5.92 Å². The minimum atomic E-state index is -0.413. The molecule has 0 amide bonds. The molecule has 3 rings (SSSR count). The van der Waals surface area contributed by atoms with Gasteiger partial charge in [-0.1, -0.05) is 0 Å². The lowest BCUT2D eigenvalue weighted by molar-refractivity contribution is 0.0591. The van der Waals surface area contributed by atoms with E-state index in [0.717, 1.165) is 63.4 Å². The lowest BCUT2D eigenvalue weighted by atomic mass is 9.96. The quantitative estimate of drug-likeness (QED) is 0.836. The summed E-state index contributed by atoms with van der Waals surface area (Å²) in [5.74, 6) is 2.54. The number of nitrogens with zero attached hydrogens (tertiary/aromatic N) is 3. The summed E-state index contributed by atoms with van der Waals surface area (Å²) in [6, 6.07) is 0. The van der Waals surface area contributed by atoms with Crippen molar-refractivity contribution in [1.29, 1.82) is 0 Å². The molecule has 1 atom stereocenters. The molecule has 0 aromatic carbocycles. The van der Waals surface area contributed by atoms with E-state index >= 15 is 0 Å². The second-order valence-electron chi connectivity index (χ2n) is 5.04. The van der Waals surface area contributed by atoms with Crippen LogP contribution in [-0.4, -0.2) is 33.1 Å². The summed E-state index contributed by atoms with van der Waals surface area (Å²) < 4.78 is 7.30. The number of aryl methyl sites for hydroxylation is 1. The molecule has 94 valence electrons. The van der Waals surface area contributed by atoms with Gasteiger partial charge in [-0.05, 0) is 31.6 Å². The third kappa shape index (κ3) is 2.21. The van der Waals surface area contributed by atoms with E-state index in [2.05, 4.69) is 10.2 Å². The van der Waals surface area contributed by atoms with Gasteiger partial charge >= 0.3 is 0 Å². The molecule has 1 aromatic rings. The number of hydrogen-bond acceptors (Lipinski definition) is 4. The predicted molar refractivity (Wildman–Crippen MR) is 61.5 cm³/mol. The van der Waals surface area contributed by atoms with E-state index < -0.39 is 6.23 Å². The minimum absolute atomic E-state index is 0.413. The summed E-state index contributed by atoms with van der Waals surface area (Å²) in [5.41, 5.74) is 0. The van der Waals surface area contributed by atoms with Crippen molar-refractivity contribution in [3.63, 3.8) is 0 Å². The predicted octanol–water partition coefficient (Wildman–Crippen LogP) is 1.07. The first-order chi connectivity index (χ1) is 8.34. The fraction of sp³-hybridized carbons (Fsp3) is 0.833. The maximum absolute atomic E-state index is 10.0. The first-order valence-electron chi connectivity index (χ1n) is 6.53. The third-order valence-electron chi connectivity index (χ3n) is 3.81. The Morgan fingerprint density at radius 2 is 2.06 bits per heavy atom. The van der Waals surface area contributed by atoms with Crippen LogP contribution < -0.4 is 0 Å². The van der Waals surface area contributed by atoms with Gasteiger partial charge in [0.05, 0.1) is 0 Å². The fourth-order valence-electron chi connectivity index (χ4n) is 2.80. The highest BCUT2D eigenvalue weighted by atomic mass is 16.5. The number of fused-ring (bicyclic) bond motifs is 1. The first kappa shape index (κ1) is 11.2. The fourth-order valence-corrected chi connectivity index (χ4v) is 2.80. The van der Waals surface area contributed by atoms with Crippen molar-refractivity contribution in [2.45, 2.75) is 44.8 Å². The summed E-state index contributed by atoms with van der Waals surface area (Å²) in [4.78, 5) is 0. The van der Waals surface area contributed by atoms with Crippen LogP contribution in [0.5, 0.6) is 0 Å². The van der Waals surface area contributed by atoms with E-state index in [4.69, 9.17) is 4.74 Å². The Labute approximate surface area is 101 Å². The van der Waals surface area contributed by atoms with Gasteiger partial charge in [0.1, 0.15) is 17.9 Å². The highest BCUT2D eigenvalue weighted by Crippen LogP contribution is 2.26. The van der Waals surface area contributed by atoms with Crippen molar-refractivity contribution < 1.29 is 9.84 Å². The summed E-state index contributed by atoms with van der Waals surface area (Å²) in [7, 11) is 0. The zero-order valence-electron chi connectivity index (χ0n) is 10.0. The number of aliphatic hydroxyl groups excluding tert-OH is 1. The average Bonchev–Trinajstić information content (AvgIpc) is 2.75. The summed E-state index contributed by atoms with van der Waals surface area (Å²) in [6.07, 6.45) is 5.48. The van der Waals surface area contributed by atoms with Crippen molar-refractivity contribution in [3.05, 3.63) is 11.6 Å². The molecule has 0 bridgehead atoms. The Kier molecular flexibility index (Phi) is 3.11. The van der Waals surface area contributed by atoms with Gasteiger partial charge in [-0.2, -0.15) is 0 Å². The number of aromatic nitrogens is 3. The molecule has 1 unspecified atom stereocenters. The van der Waals surface area contributed by atoms with Crippen LogP contribution in [0.25, 0.3) is 0 Å². The van der Waals surface area contributed by atoms with Gasteiger partial charge in [0.15, 0.2) is 0 Å². The smallest absolute Gasteiger partial charge is 0.135 e. The Balaban J connectivity index is 1.76. The third-order valence-corrected chi connectivity index (χ3v) is 3.81. The first-order valence-corrected chi connectivity index (χ1v) is 6.53. The van der Waals surface area contributed by atoms with Crippen LogP contribution in [0, 0.1) is 5.92 Å². The van der Waals surface area contributed by atoms with Crippen LogP contribution in [0.1, 0.15) is 43.6 Å². The molecule has 3 heterocycles. The molecule has 0 aliphatic carbocycles. The normalized spacial score (nSPS) is 25.8. The van der Waals surface area contributed by atoms with E-state index in [1.807, 2.05) is 4.57 Å². The van der Waals surface area contributed by atoms with Crippen LogP contribution in [-0.2, 0) is 17.6 Å². The van der Waals surface area contributed by atoms with Crippen LogP contribution in [0.2, 0.25) is 0 Å². The lowest BCUT2D eigenvalue weighted by Gasteiger charge is -2.24. The van der Waals surface area contributed by atoms with E-state index in [-0.39, 0.29) is 0 Å². The maximum atomic E-state index is 10.0. The zero-order chi connectivity index (χ0) is 11.7. The van der Waals surface area contributed by atoms with Gasteiger partial charge in [0, 0.05) is 26.1 Å². The van der Waals surface area contributed by atoms with Crippen molar-refractivity contribution >= 4 is 0 Å². The largest absolute Gasteiger partial charge is 0.381 e. The summed E-state index contributed by atoms with van der Waals surface area (Å²) >= 11 is 0. The lowest BCUT2D eigenvalue weighted by Crippen LogP contribution is -2.23. The monoisotopic (exact) mass is 237 g/mol. The van der Waals surface area contributed by atoms with Crippen molar-refractivity contribution in [2.24, 2.45) is 5.92 Å². The van der Waals surface area contributed by atoms with Crippen molar-refractivity contribution in [1.82, 2.24) is 14.8 Å². The number of hydrogen-bond donors (Lipinski definition) is 1. The molecule has 5 heteroatoms. The Morgan fingerprint density at radius 3 is 2.88 bits per heavy atom. The molecular weight excluding hydrogens is 218 g/mol. The second-order valence-corrected chi connectivity index (χ2v) is 5.04. The molecule has 5 nitrogen and oxygen atoms in total. The van der Waals surface area contributed by atoms with Gasteiger partial charge in [-0.3, -0.25) is 4.57 Å².